The van der Waals surface area contributed by atoms with Gasteiger partial charge in [0, 0.05) is 25.7 Å². The zero-order chi connectivity index (χ0) is 14.8. The first-order valence-electron chi connectivity index (χ1n) is 9.06. The highest BCUT2D eigenvalue weighted by Crippen LogP contribution is 2.25. The van der Waals surface area contributed by atoms with Crippen molar-refractivity contribution in [2.75, 3.05) is 19.6 Å². The lowest BCUT2D eigenvalue weighted by atomic mass is 9.97. The molecule has 2 atom stereocenters. The Balaban J connectivity index is 1.34. The van der Waals surface area contributed by atoms with Gasteiger partial charge in [0.15, 0.2) is 0 Å². The van der Waals surface area contributed by atoms with Gasteiger partial charge in [-0.25, -0.2) is 0 Å². The smallest absolute Gasteiger partial charge is 0.119 e. The van der Waals surface area contributed by atoms with Crippen molar-refractivity contribution in [3.63, 3.8) is 0 Å². The molecule has 0 spiro atoms. The van der Waals surface area contributed by atoms with Crippen molar-refractivity contribution in [2.24, 2.45) is 5.92 Å². The Hall–Kier alpha value is -1.06. The van der Waals surface area contributed by atoms with Crippen molar-refractivity contribution in [1.29, 1.82) is 0 Å². The van der Waals surface area contributed by atoms with Crippen LogP contribution in [-0.4, -0.2) is 36.7 Å². The molecule has 1 aliphatic carbocycles. The van der Waals surface area contributed by atoms with Gasteiger partial charge in [0.05, 0.1) is 6.10 Å². The van der Waals surface area contributed by atoms with Crippen molar-refractivity contribution in [1.82, 2.24) is 10.2 Å². The van der Waals surface area contributed by atoms with Crippen LogP contribution in [0.3, 0.4) is 0 Å². The average Bonchev–Trinajstić information content (AvgIpc) is 2.88. The Labute approximate surface area is 134 Å². The first kappa shape index (κ1) is 14.5. The van der Waals surface area contributed by atoms with Crippen LogP contribution in [0.2, 0.25) is 0 Å². The van der Waals surface area contributed by atoms with E-state index in [2.05, 4.69) is 34.5 Å². The van der Waals surface area contributed by atoms with Gasteiger partial charge in [-0.2, -0.15) is 0 Å². The molecule has 0 radical (unpaired) electrons. The Kier molecular flexibility index (Phi) is 4.35. The monoisotopic (exact) mass is 300 g/mol. The zero-order valence-corrected chi connectivity index (χ0v) is 13.5. The average molecular weight is 300 g/mol. The minimum atomic E-state index is 0.457. The molecule has 3 aliphatic heterocycles. The fraction of sp³-hybridized carbons (Fsp3) is 0.684. The Morgan fingerprint density at radius 1 is 1.00 bits per heavy atom. The molecule has 1 saturated carbocycles. The molecular weight excluding hydrogens is 272 g/mol. The summed E-state index contributed by atoms with van der Waals surface area (Å²) in [5, 5.41) is 3.68. The van der Waals surface area contributed by atoms with Gasteiger partial charge < -0.3 is 10.1 Å². The second kappa shape index (κ2) is 6.59. The lowest BCUT2D eigenvalue weighted by molar-refractivity contribution is 0.209. The van der Waals surface area contributed by atoms with Crippen LogP contribution < -0.4 is 10.1 Å². The third-order valence-corrected chi connectivity index (χ3v) is 5.55. The van der Waals surface area contributed by atoms with E-state index in [1.807, 2.05) is 0 Å². The van der Waals surface area contributed by atoms with E-state index < -0.39 is 0 Å². The maximum absolute atomic E-state index is 6.06. The van der Waals surface area contributed by atoms with Gasteiger partial charge in [-0.15, -0.1) is 0 Å². The highest BCUT2D eigenvalue weighted by atomic mass is 16.5. The number of nitrogens with zero attached hydrogens (tertiary/aromatic N) is 1. The SMILES string of the molecule is c1cc(OC2CCCC2)ccc1CN1C[C@H]2CC[C@@H](C1)NC2. The largest absolute Gasteiger partial charge is 0.490 e. The summed E-state index contributed by atoms with van der Waals surface area (Å²) in [6, 6.07) is 9.55. The summed E-state index contributed by atoms with van der Waals surface area (Å²) in [4.78, 5) is 2.63. The number of hydrogen-bond acceptors (Lipinski definition) is 3. The molecule has 4 fully saturated rings. The lowest BCUT2D eigenvalue weighted by Crippen LogP contribution is -2.39. The van der Waals surface area contributed by atoms with E-state index in [1.54, 1.807) is 0 Å². The summed E-state index contributed by atoms with van der Waals surface area (Å²) in [6.07, 6.45) is 8.33. The Bertz CT molecular complexity index is 459. The van der Waals surface area contributed by atoms with Crippen LogP contribution in [0.4, 0.5) is 0 Å². The molecule has 3 heterocycles. The van der Waals surface area contributed by atoms with Crippen molar-refractivity contribution in [3.8, 4) is 5.75 Å². The molecule has 22 heavy (non-hydrogen) atoms. The van der Waals surface area contributed by atoms with E-state index >= 15 is 0 Å². The highest BCUT2D eigenvalue weighted by molar-refractivity contribution is 5.27. The van der Waals surface area contributed by atoms with E-state index in [4.69, 9.17) is 4.74 Å². The molecule has 1 N–H and O–H groups in total. The van der Waals surface area contributed by atoms with Crippen molar-refractivity contribution < 1.29 is 4.74 Å². The Morgan fingerprint density at radius 3 is 2.55 bits per heavy atom. The second-order valence-electron chi connectivity index (χ2n) is 7.41. The van der Waals surface area contributed by atoms with Crippen molar-refractivity contribution >= 4 is 0 Å². The van der Waals surface area contributed by atoms with Gasteiger partial charge >= 0.3 is 0 Å². The molecule has 4 aliphatic rings. The van der Waals surface area contributed by atoms with Crippen LogP contribution in [0.15, 0.2) is 24.3 Å². The van der Waals surface area contributed by atoms with E-state index in [0.29, 0.717) is 12.1 Å². The molecule has 0 unspecified atom stereocenters. The molecule has 2 bridgehead atoms. The predicted octanol–water partition coefficient (Wildman–Crippen LogP) is 3.19. The summed E-state index contributed by atoms with van der Waals surface area (Å²) in [6.45, 7) is 4.76. The van der Waals surface area contributed by atoms with E-state index in [0.717, 1.165) is 18.2 Å². The summed E-state index contributed by atoms with van der Waals surface area (Å²) >= 11 is 0. The predicted molar refractivity (Wildman–Crippen MR) is 89.1 cm³/mol. The molecule has 3 heteroatoms. The fourth-order valence-electron chi connectivity index (χ4n) is 4.30. The third kappa shape index (κ3) is 3.47. The van der Waals surface area contributed by atoms with Gasteiger partial charge in [-0.1, -0.05) is 12.1 Å². The van der Waals surface area contributed by atoms with Gasteiger partial charge in [0.2, 0.25) is 0 Å². The topological polar surface area (TPSA) is 24.5 Å². The maximum atomic E-state index is 6.06. The van der Waals surface area contributed by atoms with Crippen LogP contribution >= 0.6 is 0 Å². The third-order valence-electron chi connectivity index (χ3n) is 5.55. The van der Waals surface area contributed by atoms with Crippen LogP contribution in [0.25, 0.3) is 0 Å². The number of piperidine rings is 1. The highest BCUT2D eigenvalue weighted by Gasteiger charge is 2.28. The number of nitrogens with one attached hydrogen (secondary N) is 1. The summed E-state index contributed by atoms with van der Waals surface area (Å²) in [5.41, 5.74) is 1.42. The number of benzene rings is 1. The molecule has 0 aromatic heterocycles. The molecule has 1 aromatic carbocycles. The van der Waals surface area contributed by atoms with Crippen LogP contribution in [-0.2, 0) is 6.54 Å². The van der Waals surface area contributed by atoms with E-state index in [1.165, 1.54) is 63.7 Å². The standard InChI is InChI=1S/C19H28N2O/c1-2-4-18(3-1)22-19-9-6-15(7-10-19)12-21-13-16-5-8-17(14-21)20-11-16/h6-7,9-10,16-18,20H,1-5,8,11-14H2/t16-,17-/m0/s1. The minimum absolute atomic E-state index is 0.457. The molecule has 1 aromatic rings. The molecule has 120 valence electrons. The van der Waals surface area contributed by atoms with Crippen molar-refractivity contribution in [2.45, 2.75) is 57.2 Å². The quantitative estimate of drug-likeness (QED) is 0.924. The molecule has 5 rings (SSSR count). The van der Waals surface area contributed by atoms with Gasteiger partial charge in [-0.3, -0.25) is 4.90 Å². The van der Waals surface area contributed by atoms with Gasteiger partial charge in [0.25, 0.3) is 0 Å². The normalized spacial score (nSPS) is 29.6. The lowest BCUT2D eigenvalue weighted by Gasteiger charge is -2.23. The first-order chi connectivity index (χ1) is 10.8. The first-order valence-corrected chi connectivity index (χ1v) is 9.06. The summed E-state index contributed by atoms with van der Waals surface area (Å²) in [7, 11) is 0. The summed E-state index contributed by atoms with van der Waals surface area (Å²) < 4.78 is 6.06. The van der Waals surface area contributed by atoms with Crippen LogP contribution in [0, 0.1) is 5.92 Å². The van der Waals surface area contributed by atoms with Crippen molar-refractivity contribution in [3.05, 3.63) is 29.8 Å². The molecular formula is C19H28N2O. The van der Waals surface area contributed by atoms with E-state index in [9.17, 15) is 0 Å². The molecule has 3 saturated heterocycles. The number of fused-ring (bicyclic) bond motifs is 4. The summed E-state index contributed by atoms with van der Waals surface area (Å²) in [5.74, 6) is 1.90. The molecule has 0 amide bonds. The number of rotatable bonds is 4. The van der Waals surface area contributed by atoms with E-state index in [-0.39, 0.29) is 0 Å². The second-order valence-corrected chi connectivity index (χ2v) is 7.41. The van der Waals surface area contributed by atoms with Crippen LogP contribution in [0.1, 0.15) is 44.1 Å². The zero-order valence-electron chi connectivity index (χ0n) is 13.5. The Morgan fingerprint density at radius 2 is 1.82 bits per heavy atom. The van der Waals surface area contributed by atoms with Crippen LogP contribution in [0.5, 0.6) is 5.75 Å². The number of ether oxygens (including phenoxy) is 1. The maximum Gasteiger partial charge on any atom is 0.119 e. The van der Waals surface area contributed by atoms with Gasteiger partial charge in [-0.05, 0) is 68.7 Å². The minimum Gasteiger partial charge on any atom is -0.490 e. The van der Waals surface area contributed by atoms with Gasteiger partial charge in [0.1, 0.15) is 5.75 Å². The molecule has 3 nitrogen and oxygen atoms in total. The number of hydrogen-bond donors (Lipinski definition) is 1. The fourth-order valence-corrected chi connectivity index (χ4v) is 4.30.